The fraction of sp³-hybridized carbons (Fsp3) is 0.0870. The third-order valence-electron chi connectivity index (χ3n) is 4.67. The Bertz CT molecular complexity index is 1260. The van der Waals surface area contributed by atoms with Gasteiger partial charge in [0.15, 0.2) is 5.82 Å². The second kappa shape index (κ2) is 9.38. The van der Waals surface area contributed by atoms with Crippen molar-refractivity contribution in [2.75, 3.05) is 12.4 Å². The van der Waals surface area contributed by atoms with Gasteiger partial charge in [0.05, 0.1) is 17.7 Å². The van der Waals surface area contributed by atoms with E-state index in [1.54, 1.807) is 49.6 Å². The SMILES string of the molecule is COc1ccc(-c2nc(NCc3ccc(F)cc3)n(C(=O)c3ccc(Cl)cc3Cl)n2)cc1. The number of nitrogens with one attached hydrogen (secondary N) is 1. The van der Waals surface area contributed by atoms with E-state index >= 15 is 0 Å². The fourth-order valence-electron chi connectivity index (χ4n) is 2.99. The van der Waals surface area contributed by atoms with Crippen molar-refractivity contribution in [1.29, 1.82) is 0 Å². The molecular weight excluding hydrogens is 454 g/mol. The van der Waals surface area contributed by atoms with E-state index in [2.05, 4.69) is 15.4 Å². The minimum Gasteiger partial charge on any atom is -0.497 e. The van der Waals surface area contributed by atoms with Gasteiger partial charge in [-0.1, -0.05) is 35.3 Å². The van der Waals surface area contributed by atoms with Gasteiger partial charge in [0.2, 0.25) is 5.95 Å². The standard InChI is InChI=1S/C23H17Cl2FN4O2/c1-32-18-9-4-15(5-10-18)21-28-23(27-13-14-2-7-17(26)8-3-14)30(29-21)22(31)19-11-6-16(24)12-20(19)25/h2-12H,13H2,1H3,(H,27,28,29). The number of nitrogens with zero attached hydrogens (tertiary/aromatic N) is 3. The highest BCUT2D eigenvalue weighted by Crippen LogP contribution is 2.25. The van der Waals surface area contributed by atoms with Crippen LogP contribution in [-0.4, -0.2) is 27.8 Å². The van der Waals surface area contributed by atoms with E-state index in [4.69, 9.17) is 27.9 Å². The van der Waals surface area contributed by atoms with Crippen LogP contribution in [0.1, 0.15) is 15.9 Å². The Labute approximate surface area is 193 Å². The molecule has 0 saturated heterocycles. The molecule has 1 aromatic heterocycles. The predicted octanol–water partition coefficient (Wildman–Crippen LogP) is 5.70. The Morgan fingerprint density at radius 2 is 1.78 bits per heavy atom. The highest BCUT2D eigenvalue weighted by molar-refractivity contribution is 6.36. The lowest BCUT2D eigenvalue weighted by atomic mass is 10.2. The molecule has 3 aromatic carbocycles. The summed E-state index contributed by atoms with van der Waals surface area (Å²) in [5, 5.41) is 8.12. The van der Waals surface area contributed by atoms with Crippen LogP contribution in [0.5, 0.6) is 5.75 Å². The second-order valence-corrected chi connectivity index (χ2v) is 7.65. The number of halogens is 3. The van der Waals surface area contributed by atoms with Crippen molar-refractivity contribution in [3.05, 3.63) is 93.7 Å². The lowest BCUT2D eigenvalue weighted by Gasteiger charge is -2.08. The summed E-state index contributed by atoms with van der Waals surface area (Å²) in [6, 6.07) is 17.8. The fourth-order valence-corrected chi connectivity index (χ4v) is 3.48. The Hall–Kier alpha value is -3.42. The molecule has 0 aliphatic rings. The summed E-state index contributed by atoms with van der Waals surface area (Å²) in [5.41, 5.74) is 1.74. The molecule has 4 aromatic rings. The first kappa shape index (κ1) is 21.8. The quantitative estimate of drug-likeness (QED) is 0.391. The molecule has 0 aliphatic heterocycles. The summed E-state index contributed by atoms with van der Waals surface area (Å²) < 4.78 is 19.5. The molecule has 9 heteroatoms. The average molecular weight is 471 g/mol. The van der Waals surface area contributed by atoms with E-state index in [1.165, 1.54) is 24.3 Å². The van der Waals surface area contributed by atoms with Crippen molar-refractivity contribution in [3.8, 4) is 17.1 Å². The number of aromatic nitrogens is 3. The molecule has 0 fully saturated rings. The number of ether oxygens (including phenoxy) is 1. The summed E-state index contributed by atoms with van der Waals surface area (Å²) in [7, 11) is 1.58. The topological polar surface area (TPSA) is 69.0 Å². The van der Waals surface area contributed by atoms with Gasteiger partial charge in [0.1, 0.15) is 11.6 Å². The van der Waals surface area contributed by atoms with Gasteiger partial charge in [-0.15, -0.1) is 5.10 Å². The second-order valence-electron chi connectivity index (χ2n) is 6.81. The number of benzene rings is 3. The number of rotatable bonds is 6. The summed E-state index contributed by atoms with van der Waals surface area (Å²) >= 11 is 12.2. The molecule has 0 unspecified atom stereocenters. The monoisotopic (exact) mass is 470 g/mol. The van der Waals surface area contributed by atoms with Crippen LogP contribution in [0.25, 0.3) is 11.4 Å². The normalized spacial score (nSPS) is 10.8. The van der Waals surface area contributed by atoms with E-state index in [-0.39, 0.29) is 22.4 Å². The molecule has 0 amide bonds. The van der Waals surface area contributed by atoms with E-state index < -0.39 is 5.91 Å². The number of carbonyl (C=O) groups excluding carboxylic acids is 1. The van der Waals surface area contributed by atoms with Crippen molar-refractivity contribution in [1.82, 2.24) is 14.8 Å². The molecule has 0 saturated carbocycles. The minimum absolute atomic E-state index is 0.202. The molecule has 1 N–H and O–H groups in total. The first-order valence-corrected chi connectivity index (χ1v) is 10.3. The van der Waals surface area contributed by atoms with Crippen LogP contribution >= 0.6 is 23.2 Å². The highest BCUT2D eigenvalue weighted by atomic mass is 35.5. The number of methoxy groups -OCH3 is 1. The smallest absolute Gasteiger partial charge is 0.282 e. The number of hydrogen-bond donors (Lipinski definition) is 1. The third-order valence-corrected chi connectivity index (χ3v) is 5.22. The van der Waals surface area contributed by atoms with Gasteiger partial charge in [-0.3, -0.25) is 4.79 Å². The molecule has 32 heavy (non-hydrogen) atoms. The maximum Gasteiger partial charge on any atom is 0.282 e. The lowest BCUT2D eigenvalue weighted by Crippen LogP contribution is -2.18. The van der Waals surface area contributed by atoms with Gasteiger partial charge < -0.3 is 10.1 Å². The van der Waals surface area contributed by atoms with Crippen LogP contribution < -0.4 is 10.1 Å². The van der Waals surface area contributed by atoms with Gasteiger partial charge >= 0.3 is 0 Å². The Balaban J connectivity index is 1.70. The van der Waals surface area contributed by atoms with Gasteiger partial charge in [-0.05, 0) is 60.2 Å². The van der Waals surface area contributed by atoms with Crippen LogP contribution in [0.3, 0.4) is 0 Å². The van der Waals surface area contributed by atoms with E-state index in [0.29, 0.717) is 28.7 Å². The van der Waals surface area contributed by atoms with Gasteiger partial charge in [-0.2, -0.15) is 9.67 Å². The Morgan fingerprint density at radius 1 is 1.06 bits per heavy atom. The maximum absolute atomic E-state index is 13.2. The summed E-state index contributed by atoms with van der Waals surface area (Å²) in [4.78, 5) is 17.7. The summed E-state index contributed by atoms with van der Waals surface area (Å²) in [5.74, 6) is 0.447. The number of carbonyl (C=O) groups is 1. The van der Waals surface area contributed by atoms with Crippen molar-refractivity contribution in [3.63, 3.8) is 0 Å². The number of anilines is 1. The first-order valence-electron chi connectivity index (χ1n) is 9.54. The van der Waals surface area contributed by atoms with Crippen LogP contribution in [0.2, 0.25) is 10.0 Å². The zero-order valence-corrected chi connectivity index (χ0v) is 18.4. The van der Waals surface area contributed by atoms with Crippen molar-refractivity contribution in [2.45, 2.75) is 6.54 Å². The maximum atomic E-state index is 13.2. The lowest BCUT2D eigenvalue weighted by molar-refractivity contribution is 0.0947. The van der Waals surface area contributed by atoms with Gasteiger partial charge in [0, 0.05) is 17.1 Å². The summed E-state index contributed by atoms with van der Waals surface area (Å²) in [6.07, 6.45) is 0. The summed E-state index contributed by atoms with van der Waals surface area (Å²) in [6.45, 7) is 0.308. The van der Waals surface area contributed by atoms with Crippen molar-refractivity contribution in [2.24, 2.45) is 0 Å². The molecule has 0 radical (unpaired) electrons. The average Bonchev–Trinajstić information content (AvgIpc) is 3.22. The van der Waals surface area contributed by atoms with E-state index in [0.717, 1.165) is 10.2 Å². The van der Waals surface area contributed by atoms with Crippen molar-refractivity contribution >= 4 is 35.1 Å². The third kappa shape index (κ3) is 4.74. The molecule has 0 atom stereocenters. The number of hydrogen-bond acceptors (Lipinski definition) is 5. The molecule has 1 heterocycles. The van der Waals surface area contributed by atoms with Gasteiger partial charge in [0.25, 0.3) is 5.91 Å². The van der Waals surface area contributed by atoms with Crippen LogP contribution in [-0.2, 0) is 6.54 Å². The first-order chi connectivity index (χ1) is 15.4. The Kier molecular flexibility index (Phi) is 6.39. The molecule has 6 nitrogen and oxygen atoms in total. The zero-order valence-electron chi connectivity index (χ0n) is 16.8. The van der Waals surface area contributed by atoms with E-state index in [1.807, 2.05) is 0 Å². The molecular formula is C23H17Cl2FN4O2. The molecule has 162 valence electrons. The van der Waals surface area contributed by atoms with Crippen LogP contribution in [0.4, 0.5) is 10.3 Å². The van der Waals surface area contributed by atoms with Gasteiger partial charge in [-0.25, -0.2) is 4.39 Å². The largest absolute Gasteiger partial charge is 0.497 e. The van der Waals surface area contributed by atoms with Crippen LogP contribution in [0.15, 0.2) is 66.7 Å². The van der Waals surface area contributed by atoms with Crippen molar-refractivity contribution < 1.29 is 13.9 Å². The zero-order chi connectivity index (χ0) is 22.7. The molecule has 0 spiro atoms. The molecule has 0 aliphatic carbocycles. The van der Waals surface area contributed by atoms with Crippen LogP contribution in [0, 0.1) is 5.82 Å². The van der Waals surface area contributed by atoms with E-state index in [9.17, 15) is 9.18 Å². The highest BCUT2D eigenvalue weighted by Gasteiger charge is 2.21. The molecule has 4 rings (SSSR count). The molecule has 0 bridgehead atoms. The predicted molar refractivity (Wildman–Crippen MR) is 122 cm³/mol. The Morgan fingerprint density at radius 3 is 2.44 bits per heavy atom. The minimum atomic E-state index is -0.472.